The van der Waals surface area contributed by atoms with Gasteiger partial charge in [-0.25, -0.2) is 14.6 Å². The Hall–Kier alpha value is -4.39. The lowest BCUT2D eigenvalue weighted by Gasteiger charge is -2.14. The van der Waals surface area contributed by atoms with E-state index in [0.29, 0.717) is 52.7 Å². The third kappa shape index (κ3) is 3.74. The van der Waals surface area contributed by atoms with Crippen molar-refractivity contribution in [2.24, 2.45) is 0 Å². The maximum atomic E-state index is 12.0. The maximum absolute atomic E-state index is 12.0. The predicted molar refractivity (Wildman–Crippen MR) is 124 cm³/mol. The van der Waals surface area contributed by atoms with E-state index in [4.69, 9.17) is 15.2 Å². The lowest BCUT2D eigenvalue weighted by molar-refractivity contribution is -0.125. The Kier molecular flexibility index (Phi) is 5.14. The monoisotopic (exact) mass is 442 g/mol. The van der Waals surface area contributed by atoms with Gasteiger partial charge in [0, 0.05) is 25.2 Å². The van der Waals surface area contributed by atoms with Crippen LogP contribution in [0.3, 0.4) is 0 Å². The largest absolute Gasteiger partial charge is 0.424 e. The van der Waals surface area contributed by atoms with Gasteiger partial charge < -0.3 is 20.4 Å². The van der Waals surface area contributed by atoms with Gasteiger partial charge in [0.2, 0.25) is 5.91 Å². The van der Waals surface area contributed by atoms with Gasteiger partial charge in [-0.3, -0.25) is 4.79 Å². The summed E-state index contributed by atoms with van der Waals surface area (Å²) in [4.78, 5) is 26.7. The quantitative estimate of drug-likeness (QED) is 0.364. The molecule has 3 aromatic heterocycles. The molecule has 5 rings (SSSR count). The number of carbonyl (C=O) groups is 1. The molecule has 0 bridgehead atoms. The molecule has 10 heteroatoms. The number of benzene rings is 1. The molecular formula is C23H22N8O2. The first-order chi connectivity index (χ1) is 16.1. The van der Waals surface area contributed by atoms with Gasteiger partial charge in [0.1, 0.15) is 23.4 Å². The number of nitrogens with two attached hydrogens (primary N) is 1. The summed E-state index contributed by atoms with van der Waals surface area (Å²) in [5, 5.41) is 8.38. The SMILES string of the molecule is C=CC(=O)N1CC[C@H](n2nc(C#Cc3ccc4oc(NCC)nc4c3)c3c(N)ncnc32)C1. The van der Waals surface area contributed by atoms with E-state index in [0.717, 1.165) is 18.5 Å². The van der Waals surface area contributed by atoms with Crippen LogP contribution in [0.2, 0.25) is 0 Å². The van der Waals surface area contributed by atoms with E-state index in [2.05, 4.69) is 38.7 Å². The maximum Gasteiger partial charge on any atom is 0.295 e. The van der Waals surface area contributed by atoms with Crippen LogP contribution < -0.4 is 11.1 Å². The third-order valence-corrected chi connectivity index (χ3v) is 5.55. The molecule has 1 aliphatic heterocycles. The van der Waals surface area contributed by atoms with E-state index in [1.54, 1.807) is 9.58 Å². The molecule has 33 heavy (non-hydrogen) atoms. The van der Waals surface area contributed by atoms with Gasteiger partial charge >= 0.3 is 0 Å². The first-order valence-corrected chi connectivity index (χ1v) is 10.6. The second kappa shape index (κ2) is 8.27. The van der Waals surface area contributed by atoms with Crippen LogP contribution in [0.25, 0.3) is 22.1 Å². The van der Waals surface area contributed by atoms with Crippen LogP contribution in [0.15, 0.2) is 41.6 Å². The Morgan fingerprint density at radius 3 is 3.09 bits per heavy atom. The minimum absolute atomic E-state index is 0.0304. The number of rotatable bonds is 4. The summed E-state index contributed by atoms with van der Waals surface area (Å²) in [5.41, 5.74) is 9.42. The van der Waals surface area contributed by atoms with Gasteiger partial charge in [-0.05, 0) is 43.5 Å². The molecule has 1 amide bonds. The second-order valence-corrected chi connectivity index (χ2v) is 7.66. The van der Waals surface area contributed by atoms with Crippen LogP contribution in [-0.4, -0.2) is 55.2 Å². The van der Waals surface area contributed by atoms with Gasteiger partial charge in [0.15, 0.2) is 11.2 Å². The molecule has 4 aromatic rings. The van der Waals surface area contributed by atoms with E-state index < -0.39 is 0 Å². The van der Waals surface area contributed by atoms with Crippen molar-refractivity contribution in [1.29, 1.82) is 0 Å². The van der Waals surface area contributed by atoms with Crippen LogP contribution in [0, 0.1) is 11.8 Å². The number of fused-ring (bicyclic) bond motifs is 2. The second-order valence-electron chi connectivity index (χ2n) is 7.66. The third-order valence-electron chi connectivity index (χ3n) is 5.55. The lowest BCUT2D eigenvalue weighted by Crippen LogP contribution is -2.27. The summed E-state index contributed by atoms with van der Waals surface area (Å²) in [6.07, 6.45) is 3.49. The van der Waals surface area contributed by atoms with Crippen molar-refractivity contribution < 1.29 is 9.21 Å². The highest BCUT2D eigenvalue weighted by Gasteiger charge is 2.29. The van der Waals surface area contributed by atoms with Crippen LogP contribution in [-0.2, 0) is 4.79 Å². The topological polar surface area (TPSA) is 128 Å². The molecule has 166 valence electrons. The zero-order valence-electron chi connectivity index (χ0n) is 18.1. The molecule has 0 spiro atoms. The minimum Gasteiger partial charge on any atom is -0.424 e. The van der Waals surface area contributed by atoms with Gasteiger partial charge in [0.25, 0.3) is 6.01 Å². The van der Waals surface area contributed by atoms with Gasteiger partial charge in [-0.15, -0.1) is 0 Å². The zero-order valence-corrected chi connectivity index (χ0v) is 18.1. The minimum atomic E-state index is -0.0938. The summed E-state index contributed by atoms with van der Waals surface area (Å²) < 4.78 is 7.44. The Balaban J connectivity index is 1.51. The fourth-order valence-corrected chi connectivity index (χ4v) is 3.97. The number of hydrogen-bond acceptors (Lipinski definition) is 8. The molecule has 1 atom stereocenters. The average molecular weight is 442 g/mol. The summed E-state index contributed by atoms with van der Waals surface area (Å²) >= 11 is 0. The smallest absolute Gasteiger partial charge is 0.295 e. The molecule has 1 aliphatic rings. The van der Waals surface area contributed by atoms with Crippen molar-refractivity contribution in [2.45, 2.75) is 19.4 Å². The van der Waals surface area contributed by atoms with Crippen molar-refractivity contribution >= 4 is 39.9 Å². The molecule has 4 heterocycles. The standard InChI is InChI=1S/C23H22N8O2/c1-3-19(32)30-10-9-15(12-30)31-22-20(21(24)26-13-27-22)16(29-31)7-5-14-6-8-18-17(11-14)28-23(33-18)25-4-2/h3,6,8,11,13,15H,1,4,9-10,12H2,2H3,(H,25,28)(H2,24,26,27)/t15-/m0/s1. The van der Waals surface area contributed by atoms with Crippen molar-refractivity contribution in [3.8, 4) is 11.8 Å². The first kappa shape index (κ1) is 20.5. The average Bonchev–Trinajstić information content (AvgIpc) is 3.54. The van der Waals surface area contributed by atoms with Crippen LogP contribution in [0.5, 0.6) is 0 Å². The number of amides is 1. The Bertz CT molecular complexity index is 1440. The molecule has 10 nitrogen and oxygen atoms in total. The summed E-state index contributed by atoms with van der Waals surface area (Å²) in [5.74, 6) is 6.48. The number of anilines is 2. The van der Waals surface area contributed by atoms with E-state index in [1.165, 1.54) is 12.4 Å². The van der Waals surface area contributed by atoms with Crippen LogP contribution in [0.1, 0.15) is 30.6 Å². The first-order valence-electron chi connectivity index (χ1n) is 10.6. The van der Waals surface area contributed by atoms with Crippen molar-refractivity contribution in [3.63, 3.8) is 0 Å². The van der Waals surface area contributed by atoms with E-state index in [9.17, 15) is 4.79 Å². The number of nitrogen functional groups attached to an aromatic ring is 1. The fourth-order valence-electron chi connectivity index (χ4n) is 3.97. The molecule has 1 saturated heterocycles. The highest BCUT2D eigenvalue weighted by Crippen LogP contribution is 2.28. The van der Waals surface area contributed by atoms with Gasteiger partial charge in [-0.2, -0.15) is 10.1 Å². The number of hydrogen-bond donors (Lipinski definition) is 2. The summed E-state index contributed by atoms with van der Waals surface area (Å²) in [6, 6.07) is 6.02. The number of nitrogens with zero attached hydrogens (tertiary/aromatic N) is 6. The molecule has 0 unspecified atom stereocenters. The van der Waals surface area contributed by atoms with Crippen molar-refractivity contribution in [3.05, 3.63) is 48.4 Å². The highest BCUT2D eigenvalue weighted by molar-refractivity contribution is 5.91. The molecule has 1 aromatic carbocycles. The molecule has 0 saturated carbocycles. The van der Waals surface area contributed by atoms with Crippen LogP contribution in [0.4, 0.5) is 11.8 Å². The molecule has 1 fully saturated rings. The van der Waals surface area contributed by atoms with E-state index in [1.807, 2.05) is 25.1 Å². The fraction of sp³-hybridized carbons (Fsp3) is 0.261. The van der Waals surface area contributed by atoms with E-state index in [-0.39, 0.29) is 11.9 Å². The van der Waals surface area contributed by atoms with Gasteiger partial charge in [-0.1, -0.05) is 12.5 Å². The lowest BCUT2D eigenvalue weighted by atomic mass is 10.2. The molecule has 0 radical (unpaired) electrons. The Labute approximate surface area is 189 Å². The van der Waals surface area contributed by atoms with Gasteiger partial charge in [0.05, 0.1) is 11.4 Å². The molecule has 0 aliphatic carbocycles. The molecular weight excluding hydrogens is 420 g/mol. The van der Waals surface area contributed by atoms with Crippen molar-refractivity contribution in [1.82, 2.24) is 29.6 Å². The normalized spacial score (nSPS) is 15.5. The molecule has 3 N–H and O–H groups in total. The highest BCUT2D eigenvalue weighted by atomic mass is 16.4. The number of aromatic nitrogens is 5. The Morgan fingerprint density at radius 2 is 2.27 bits per heavy atom. The zero-order chi connectivity index (χ0) is 22.9. The van der Waals surface area contributed by atoms with Crippen LogP contribution >= 0.6 is 0 Å². The summed E-state index contributed by atoms with van der Waals surface area (Å²) in [7, 11) is 0. The van der Waals surface area contributed by atoms with Crippen molar-refractivity contribution in [2.75, 3.05) is 30.7 Å². The predicted octanol–water partition coefficient (Wildman–Crippen LogP) is 2.34. The number of likely N-dealkylation sites (tertiary alicyclic amines) is 1. The van der Waals surface area contributed by atoms with E-state index >= 15 is 0 Å². The number of carbonyl (C=O) groups excluding carboxylic acids is 1. The number of oxazole rings is 1. The summed E-state index contributed by atoms with van der Waals surface area (Å²) in [6.45, 7) is 7.42. The Morgan fingerprint density at radius 1 is 1.39 bits per heavy atom. The number of nitrogens with one attached hydrogen (secondary N) is 1.